The summed E-state index contributed by atoms with van der Waals surface area (Å²) in [5, 5.41) is 1.25. The van der Waals surface area contributed by atoms with Crippen molar-refractivity contribution in [2.45, 2.75) is 6.42 Å². The Balaban J connectivity index is 2.67. The second kappa shape index (κ2) is 2.94. The maximum atomic E-state index is 3.83. The van der Waals surface area contributed by atoms with Crippen molar-refractivity contribution in [1.82, 2.24) is 4.98 Å². The Kier molecular flexibility index (Phi) is 1.93. The predicted molar refractivity (Wildman–Crippen MR) is 55.1 cm³/mol. The van der Waals surface area contributed by atoms with Crippen molar-refractivity contribution in [2.24, 2.45) is 0 Å². The number of benzene rings is 1. The van der Waals surface area contributed by atoms with Gasteiger partial charge in [0.05, 0.1) is 0 Å². The Morgan fingerprint density at radius 3 is 2.92 bits per heavy atom. The van der Waals surface area contributed by atoms with Crippen LogP contribution >= 0.6 is 15.9 Å². The third kappa shape index (κ3) is 1.27. The van der Waals surface area contributed by atoms with Crippen LogP contribution in [0.2, 0.25) is 0 Å². The Morgan fingerprint density at radius 1 is 1.33 bits per heavy atom. The molecule has 0 spiro atoms. The second-order valence-electron chi connectivity index (χ2n) is 2.78. The lowest BCUT2D eigenvalue weighted by Crippen LogP contribution is -1.75. The van der Waals surface area contributed by atoms with E-state index in [2.05, 4.69) is 46.0 Å². The fourth-order valence-corrected chi connectivity index (χ4v) is 1.66. The maximum Gasteiger partial charge on any atom is 0.0467 e. The van der Waals surface area contributed by atoms with E-state index in [9.17, 15) is 0 Å². The zero-order valence-electron chi connectivity index (χ0n) is 6.60. The van der Waals surface area contributed by atoms with Crippen LogP contribution in [-0.4, -0.2) is 4.98 Å². The number of hydrogen-bond acceptors (Lipinski definition) is 0. The lowest BCUT2D eigenvalue weighted by Gasteiger charge is -1.89. The topological polar surface area (TPSA) is 15.8 Å². The van der Waals surface area contributed by atoms with Crippen LogP contribution in [0.15, 0.2) is 28.7 Å². The molecule has 0 saturated heterocycles. The predicted octanol–water partition coefficient (Wildman–Crippen LogP) is 3.31. The number of aromatic nitrogens is 1. The van der Waals surface area contributed by atoms with Gasteiger partial charge in [-0.3, -0.25) is 0 Å². The molecule has 0 bridgehead atoms. The Hall–Kier alpha value is -0.760. The monoisotopic (exact) mass is 222 g/mol. The van der Waals surface area contributed by atoms with Crippen LogP contribution in [0.1, 0.15) is 5.69 Å². The molecular formula is C10H9BrN. The first-order valence-corrected chi connectivity index (χ1v) is 4.65. The van der Waals surface area contributed by atoms with Crippen LogP contribution in [0.5, 0.6) is 0 Å². The van der Waals surface area contributed by atoms with Gasteiger partial charge in [-0.2, -0.15) is 0 Å². The summed E-state index contributed by atoms with van der Waals surface area (Å²) in [6, 6.07) is 8.35. The minimum atomic E-state index is 0.812. The smallest absolute Gasteiger partial charge is 0.0467 e. The van der Waals surface area contributed by atoms with Gasteiger partial charge in [0, 0.05) is 15.7 Å². The molecule has 12 heavy (non-hydrogen) atoms. The van der Waals surface area contributed by atoms with Gasteiger partial charge in [0.1, 0.15) is 0 Å². The largest absolute Gasteiger partial charge is 0.358 e. The molecule has 1 aromatic heterocycles. The van der Waals surface area contributed by atoms with E-state index in [1.54, 1.807) is 0 Å². The standard InChI is InChI=1S/C10H9BrN/c1-2-9-5-7-3-4-8(11)6-10(7)12-9/h3-6,12H,1-2H2. The van der Waals surface area contributed by atoms with E-state index in [0.29, 0.717) is 0 Å². The van der Waals surface area contributed by atoms with E-state index in [0.717, 1.165) is 10.9 Å². The lowest BCUT2D eigenvalue weighted by molar-refractivity contribution is 1.17. The minimum Gasteiger partial charge on any atom is -0.358 e. The van der Waals surface area contributed by atoms with Gasteiger partial charge in [0.25, 0.3) is 0 Å². The first-order chi connectivity index (χ1) is 5.79. The summed E-state index contributed by atoms with van der Waals surface area (Å²) >= 11 is 3.43. The third-order valence-corrected chi connectivity index (χ3v) is 2.40. The van der Waals surface area contributed by atoms with E-state index in [1.165, 1.54) is 16.6 Å². The zero-order valence-corrected chi connectivity index (χ0v) is 8.19. The quantitative estimate of drug-likeness (QED) is 0.763. The summed E-state index contributed by atoms with van der Waals surface area (Å²) in [4.78, 5) is 3.29. The molecule has 1 aromatic carbocycles. The molecule has 1 heterocycles. The summed E-state index contributed by atoms with van der Waals surface area (Å²) in [6.07, 6.45) is 0.812. The van der Waals surface area contributed by atoms with E-state index in [4.69, 9.17) is 0 Å². The minimum absolute atomic E-state index is 0.812. The van der Waals surface area contributed by atoms with Crippen LogP contribution in [0.3, 0.4) is 0 Å². The number of aromatic amines is 1. The van der Waals surface area contributed by atoms with E-state index >= 15 is 0 Å². The molecule has 0 fully saturated rings. The lowest BCUT2D eigenvalue weighted by atomic mass is 10.2. The van der Waals surface area contributed by atoms with Crippen molar-refractivity contribution in [1.29, 1.82) is 0 Å². The van der Waals surface area contributed by atoms with Gasteiger partial charge in [0.15, 0.2) is 0 Å². The Morgan fingerprint density at radius 2 is 2.17 bits per heavy atom. The van der Waals surface area contributed by atoms with Crippen LogP contribution < -0.4 is 0 Å². The molecule has 0 atom stereocenters. The van der Waals surface area contributed by atoms with Crippen LogP contribution in [0.25, 0.3) is 10.9 Å². The van der Waals surface area contributed by atoms with Crippen LogP contribution in [0.4, 0.5) is 0 Å². The summed E-state index contributed by atoms with van der Waals surface area (Å²) in [6.45, 7) is 3.83. The van der Waals surface area contributed by atoms with Crippen molar-refractivity contribution in [3.63, 3.8) is 0 Å². The maximum absolute atomic E-state index is 3.83. The number of halogens is 1. The van der Waals surface area contributed by atoms with Gasteiger partial charge in [0.2, 0.25) is 0 Å². The molecule has 2 aromatic rings. The highest BCUT2D eigenvalue weighted by Crippen LogP contribution is 2.20. The number of rotatable bonds is 1. The third-order valence-electron chi connectivity index (χ3n) is 1.91. The summed E-state index contributed by atoms with van der Waals surface area (Å²) in [5.74, 6) is 0. The highest BCUT2D eigenvalue weighted by atomic mass is 79.9. The van der Waals surface area contributed by atoms with Crippen molar-refractivity contribution in [3.8, 4) is 0 Å². The number of H-pyrrole nitrogens is 1. The van der Waals surface area contributed by atoms with Gasteiger partial charge in [-0.1, -0.05) is 22.0 Å². The first-order valence-electron chi connectivity index (χ1n) is 3.86. The number of nitrogens with one attached hydrogen (secondary N) is 1. The average molecular weight is 223 g/mol. The van der Waals surface area contributed by atoms with Crippen molar-refractivity contribution >= 4 is 26.8 Å². The highest BCUT2D eigenvalue weighted by molar-refractivity contribution is 9.10. The number of fused-ring (bicyclic) bond motifs is 1. The molecule has 1 N–H and O–H groups in total. The molecule has 0 unspecified atom stereocenters. The molecular weight excluding hydrogens is 214 g/mol. The highest BCUT2D eigenvalue weighted by Gasteiger charge is 1.98. The average Bonchev–Trinajstić information content (AvgIpc) is 2.46. The van der Waals surface area contributed by atoms with Crippen LogP contribution in [-0.2, 0) is 6.42 Å². The fraction of sp³-hybridized carbons (Fsp3) is 0.100. The van der Waals surface area contributed by atoms with Gasteiger partial charge >= 0.3 is 0 Å². The SMILES string of the molecule is [CH2]Cc1cc2ccc(Br)cc2[nH]1. The molecule has 0 aliphatic carbocycles. The van der Waals surface area contributed by atoms with E-state index < -0.39 is 0 Å². The van der Waals surface area contributed by atoms with Gasteiger partial charge < -0.3 is 4.98 Å². The molecule has 61 valence electrons. The molecule has 1 radical (unpaired) electrons. The Labute approximate surface area is 79.9 Å². The normalized spacial score (nSPS) is 10.8. The molecule has 0 saturated carbocycles. The van der Waals surface area contributed by atoms with Gasteiger partial charge in [-0.15, -0.1) is 0 Å². The molecule has 2 heteroatoms. The zero-order chi connectivity index (χ0) is 8.55. The Bertz CT molecular complexity index is 403. The second-order valence-corrected chi connectivity index (χ2v) is 3.69. The van der Waals surface area contributed by atoms with Gasteiger partial charge in [-0.05, 0) is 36.9 Å². The summed E-state index contributed by atoms with van der Waals surface area (Å²) in [7, 11) is 0. The number of hydrogen-bond donors (Lipinski definition) is 1. The molecule has 0 aliphatic heterocycles. The molecule has 1 nitrogen and oxygen atoms in total. The van der Waals surface area contributed by atoms with Crippen molar-refractivity contribution in [2.75, 3.05) is 0 Å². The van der Waals surface area contributed by atoms with Crippen molar-refractivity contribution in [3.05, 3.63) is 41.4 Å². The molecule has 0 amide bonds. The fourth-order valence-electron chi connectivity index (χ4n) is 1.29. The van der Waals surface area contributed by atoms with Gasteiger partial charge in [-0.25, -0.2) is 0 Å². The summed E-state index contributed by atoms with van der Waals surface area (Å²) in [5.41, 5.74) is 2.35. The van der Waals surface area contributed by atoms with E-state index in [-0.39, 0.29) is 0 Å². The molecule has 0 aliphatic rings. The summed E-state index contributed by atoms with van der Waals surface area (Å²) < 4.78 is 1.10. The molecule has 2 rings (SSSR count). The van der Waals surface area contributed by atoms with Crippen LogP contribution in [0, 0.1) is 6.92 Å². The first kappa shape index (κ1) is 7.87. The van der Waals surface area contributed by atoms with Crippen molar-refractivity contribution < 1.29 is 0 Å². The van der Waals surface area contributed by atoms with E-state index in [1.807, 2.05) is 6.07 Å².